The maximum Gasteiger partial charge on any atom is 0.357 e. The zero-order chi connectivity index (χ0) is 18.0. The monoisotopic (exact) mass is 363 g/mol. The summed E-state index contributed by atoms with van der Waals surface area (Å²) in [5.74, 6) is -2.67. The standard InChI is InChI=1S/C15H14N3O6P/c1-9-4-6-10(7-5-9)12(19)16-15(25(20,21)22)14-18-17-13(24-14)11-3-2-8-23-11/h2-8,15H,1H3,(H,16,19)(H2,20,21,22). The predicted octanol–water partition coefficient (Wildman–Crippen LogP) is 2.24. The van der Waals surface area contributed by atoms with Crippen LogP contribution < -0.4 is 5.32 Å². The lowest BCUT2D eigenvalue weighted by atomic mass is 10.1. The number of rotatable bonds is 5. The van der Waals surface area contributed by atoms with Crippen LogP contribution in [0.25, 0.3) is 11.7 Å². The van der Waals surface area contributed by atoms with Gasteiger partial charge in [0.1, 0.15) is 0 Å². The first-order valence-corrected chi connectivity index (χ1v) is 8.83. The van der Waals surface area contributed by atoms with Gasteiger partial charge in [-0.3, -0.25) is 9.36 Å². The fourth-order valence-corrected chi connectivity index (χ4v) is 2.72. The van der Waals surface area contributed by atoms with Gasteiger partial charge in [-0.25, -0.2) is 0 Å². The second-order valence-electron chi connectivity index (χ2n) is 5.25. The number of carbonyl (C=O) groups is 1. The SMILES string of the molecule is Cc1ccc(C(=O)NC(c2nnc(-c3ccco3)o2)P(=O)(O)O)cc1. The normalized spacial score (nSPS) is 12.8. The molecule has 0 aliphatic heterocycles. The third kappa shape index (κ3) is 3.85. The molecular weight excluding hydrogens is 349 g/mol. The number of aryl methyl sites for hydroxylation is 1. The minimum Gasteiger partial charge on any atom is -0.459 e. The molecule has 0 spiro atoms. The maximum absolute atomic E-state index is 12.3. The molecule has 1 amide bonds. The van der Waals surface area contributed by atoms with Crippen molar-refractivity contribution in [2.75, 3.05) is 0 Å². The zero-order valence-electron chi connectivity index (χ0n) is 13.0. The first kappa shape index (κ1) is 17.1. The number of furan rings is 1. The number of nitrogens with one attached hydrogen (secondary N) is 1. The summed E-state index contributed by atoms with van der Waals surface area (Å²) in [4.78, 5) is 31.4. The van der Waals surface area contributed by atoms with Gasteiger partial charge in [-0.1, -0.05) is 17.7 Å². The van der Waals surface area contributed by atoms with Crippen LogP contribution in [0.5, 0.6) is 0 Å². The molecule has 0 saturated carbocycles. The summed E-state index contributed by atoms with van der Waals surface area (Å²) in [5.41, 5.74) is 1.19. The Balaban J connectivity index is 1.87. The van der Waals surface area contributed by atoms with Crippen LogP contribution >= 0.6 is 7.60 Å². The van der Waals surface area contributed by atoms with E-state index in [9.17, 15) is 19.1 Å². The van der Waals surface area contributed by atoms with Gasteiger partial charge in [0.25, 0.3) is 17.7 Å². The van der Waals surface area contributed by atoms with Gasteiger partial charge < -0.3 is 23.9 Å². The highest BCUT2D eigenvalue weighted by molar-refractivity contribution is 7.52. The van der Waals surface area contributed by atoms with Gasteiger partial charge in [0, 0.05) is 5.56 Å². The second kappa shape index (κ2) is 6.64. The largest absolute Gasteiger partial charge is 0.459 e. The van der Waals surface area contributed by atoms with Crippen molar-refractivity contribution in [1.29, 1.82) is 0 Å². The molecule has 10 heteroatoms. The summed E-state index contributed by atoms with van der Waals surface area (Å²) in [6.07, 6.45) is 1.39. The lowest BCUT2D eigenvalue weighted by molar-refractivity contribution is 0.0938. The summed E-state index contributed by atoms with van der Waals surface area (Å²) in [5, 5.41) is 9.53. The molecule has 1 unspecified atom stereocenters. The zero-order valence-corrected chi connectivity index (χ0v) is 13.9. The second-order valence-corrected chi connectivity index (χ2v) is 6.95. The van der Waals surface area contributed by atoms with Gasteiger partial charge in [0.15, 0.2) is 5.76 Å². The highest BCUT2D eigenvalue weighted by Crippen LogP contribution is 2.49. The van der Waals surface area contributed by atoms with Gasteiger partial charge in [-0.2, -0.15) is 0 Å². The first-order valence-electron chi connectivity index (χ1n) is 7.14. The van der Waals surface area contributed by atoms with Crippen molar-refractivity contribution in [2.24, 2.45) is 0 Å². The quantitative estimate of drug-likeness (QED) is 0.587. The molecule has 3 aromatic rings. The van der Waals surface area contributed by atoms with Crippen LogP contribution in [0.1, 0.15) is 27.6 Å². The van der Waals surface area contributed by atoms with E-state index in [0.29, 0.717) is 0 Å². The van der Waals surface area contributed by atoms with Crippen LogP contribution in [0.15, 0.2) is 51.5 Å². The Morgan fingerprint density at radius 3 is 2.52 bits per heavy atom. The van der Waals surface area contributed by atoms with Crippen molar-refractivity contribution in [1.82, 2.24) is 15.5 Å². The smallest absolute Gasteiger partial charge is 0.357 e. The van der Waals surface area contributed by atoms with Crippen molar-refractivity contribution in [3.63, 3.8) is 0 Å². The number of carbonyl (C=O) groups excluding carboxylic acids is 1. The molecule has 0 aliphatic rings. The van der Waals surface area contributed by atoms with Crippen LogP contribution in [-0.4, -0.2) is 25.9 Å². The predicted molar refractivity (Wildman–Crippen MR) is 85.4 cm³/mol. The van der Waals surface area contributed by atoms with Crippen molar-refractivity contribution >= 4 is 13.5 Å². The molecule has 1 atom stereocenters. The number of benzene rings is 1. The van der Waals surface area contributed by atoms with E-state index in [-0.39, 0.29) is 17.2 Å². The van der Waals surface area contributed by atoms with Gasteiger partial charge in [-0.15, -0.1) is 10.2 Å². The Hall–Kier alpha value is -2.74. The number of hydrogen-bond acceptors (Lipinski definition) is 6. The Morgan fingerprint density at radius 1 is 1.20 bits per heavy atom. The molecule has 0 radical (unpaired) electrons. The molecule has 2 aromatic heterocycles. The molecule has 2 heterocycles. The van der Waals surface area contributed by atoms with Crippen LogP contribution in [0, 0.1) is 6.92 Å². The topological polar surface area (TPSA) is 139 Å². The van der Waals surface area contributed by atoms with E-state index in [2.05, 4.69) is 15.5 Å². The third-order valence-electron chi connectivity index (χ3n) is 3.32. The number of amides is 1. The molecule has 0 fully saturated rings. The van der Waals surface area contributed by atoms with Crippen molar-refractivity contribution in [3.05, 3.63) is 59.7 Å². The van der Waals surface area contributed by atoms with E-state index >= 15 is 0 Å². The number of aromatic nitrogens is 2. The number of hydrogen-bond donors (Lipinski definition) is 3. The Bertz CT molecular complexity index is 913. The Labute approximate surface area is 141 Å². The minimum atomic E-state index is -4.80. The van der Waals surface area contributed by atoms with Crippen molar-refractivity contribution in [3.8, 4) is 11.7 Å². The van der Waals surface area contributed by atoms with Gasteiger partial charge in [0.05, 0.1) is 6.26 Å². The summed E-state index contributed by atoms with van der Waals surface area (Å²) in [7, 11) is -4.80. The molecule has 25 heavy (non-hydrogen) atoms. The third-order valence-corrected chi connectivity index (χ3v) is 4.35. The van der Waals surface area contributed by atoms with E-state index in [1.165, 1.54) is 6.26 Å². The van der Waals surface area contributed by atoms with Crippen LogP contribution in [-0.2, 0) is 4.57 Å². The summed E-state index contributed by atoms with van der Waals surface area (Å²) in [6, 6.07) is 9.66. The molecule has 9 nitrogen and oxygen atoms in total. The van der Waals surface area contributed by atoms with E-state index < -0.39 is 25.2 Å². The summed E-state index contributed by atoms with van der Waals surface area (Å²) in [6.45, 7) is 1.86. The van der Waals surface area contributed by atoms with E-state index in [0.717, 1.165) is 5.56 Å². The molecule has 0 aliphatic carbocycles. The molecule has 130 valence electrons. The lowest BCUT2D eigenvalue weighted by Crippen LogP contribution is -2.28. The van der Waals surface area contributed by atoms with Gasteiger partial charge in [-0.05, 0) is 31.2 Å². The average Bonchev–Trinajstić information content (AvgIpc) is 3.23. The fourth-order valence-electron chi connectivity index (χ4n) is 2.05. The summed E-state index contributed by atoms with van der Waals surface area (Å²) < 4.78 is 22.1. The lowest BCUT2D eigenvalue weighted by Gasteiger charge is -2.16. The Kier molecular flexibility index (Phi) is 4.54. The van der Waals surface area contributed by atoms with Gasteiger partial charge in [0.2, 0.25) is 5.78 Å². The molecular formula is C15H14N3O6P. The summed E-state index contributed by atoms with van der Waals surface area (Å²) >= 11 is 0. The van der Waals surface area contributed by atoms with Gasteiger partial charge >= 0.3 is 7.60 Å². The fraction of sp³-hybridized carbons (Fsp3) is 0.133. The molecule has 3 N–H and O–H groups in total. The highest BCUT2D eigenvalue weighted by Gasteiger charge is 2.37. The molecule has 0 saturated heterocycles. The van der Waals surface area contributed by atoms with E-state index in [4.69, 9.17) is 8.83 Å². The Morgan fingerprint density at radius 2 is 1.92 bits per heavy atom. The molecule has 1 aromatic carbocycles. The molecule has 0 bridgehead atoms. The molecule has 3 rings (SSSR count). The maximum atomic E-state index is 12.3. The highest BCUT2D eigenvalue weighted by atomic mass is 31.2. The van der Waals surface area contributed by atoms with Crippen LogP contribution in [0.2, 0.25) is 0 Å². The minimum absolute atomic E-state index is 0.0527. The van der Waals surface area contributed by atoms with Crippen LogP contribution in [0.4, 0.5) is 0 Å². The van der Waals surface area contributed by atoms with Crippen molar-refractivity contribution in [2.45, 2.75) is 12.7 Å². The number of nitrogens with zero attached hydrogens (tertiary/aromatic N) is 2. The van der Waals surface area contributed by atoms with E-state index in [1.807, 2.05) is 6.92 Å². The van der Waals surface area contributed by atoms with Crippen LogP contribution in [0.3, 0.4) is 0 Å². The first-order chi connectivity index (χ1) is 11.8. The average molecular weight is 363 g/mol. The van der Waals surface area contributed by atoms with E-state index in [1.54, 1.807) is 36.4 Å². The van der Waals surface area contributed by atoms with Crippen molar-refractivity contribution < 1.29 is 28.0 Å².